The number of carbonyl (C=O) groups excluding carboxylic acids is 1. The van der Waals surface area contributed by atoms with Crippen molar-refractivity contribution in [3.05, 3.63) is 90.2 Å². The summed E-state index contributed by atoms with van der Waals surface area (Å²) in [7, 11) is 0. The number of aliphatic carboxylic acids is 1. The summed E-state index contributed by atoms with van der Waals surface area (Å²) >= 11 is 0. The van der Waals surface area contributed by atoms with E-state index in [1.54, 1.807) is 0 Å². The summed E-state index contributed by atoms with van der Waals surface area (Å²) in [5, 5.41) is 26.1. The highest BCUT2D eigenvalue weighted by atomic mass is 16.6. The lowest BCUT2D eigenvalue weighted by atomic mass is 9.92. The van der Waals surface area contributed by atoms with Crippen LogP contribution in [0.1, 0.15) is 43.7 Å². The Balaban J connectivity index is 1.35. The fourth-order valence-electron chi connectivity index (χ4n) is 4.64. The predicted molar refractivity (Wildman–Crippen MR) is 138 cm³/mol. The number of rotatable bonds is 7. The SMILES string of the molecule is CC[C@]1(OC(=O)Nc2c(C#N)cnn2-c2ccc(-c3ccc(C4(C(=O)O)CC4)cc3)cc2)C=CC=CC1. The van der Waals surface area contributed by atoms with Crippen molar-refractivity contribution in [1.82, 2.24) is 9.78 Å². The smallest absolute Gasteiger partial charge is 0.413 e. The fourth-order valence-corrected chi connectivity index (χ4v) is 4.64. The number of nitrogens with zero attached hydrogens (tertiary/aromatic N) is 3. The zero-order valence-corrected chi connectivity index (χ0v) is 20.3. The van der Waals surface area contributed by atoms with Crippen LogP contribution in [0.3, 0.4) is 0 Å². The summed E-state index contributed by atoms with van der Waals surface area (Å²) < 4.78 is 7.24. The van der Waals surface area contributed by atoms with Gasteiger partial charge < -0.3 is 9.84 Å². The number of carboxylic acid groups (broad SMARTS) is 1. The largest absolute Gasteiger partial charge is 0.481 e. The molecule has 0 aliphatic heterocycles. The van der Waals surface area contributed by atoms with Crippen LogP contribution < -0.4 is 5.32 Å². The maximum Gasteiger partial charge on any atom is 0.413 e. The molecule has 186 valence electrons. The topological polar surface area (TPSA) is 117 Å². The first-order valence-corrected chi connectivity index (χ1v) is 12.2. The number of carbonyl (C=O) groups is 2. The molecule has 0 unspecified atom stereocenters. The molecular weight excluding hydrogens is 468 g/mol. The van der Waals surface area contributed by atoms with Gasteiger partial charge in [0.15, 0.2) is 5.82 Å². The average Bonchev–Trinajstić information content (AvgIpc) is 3.65. The van der Waals surface area contributed by atoms with E-state index in [1.165, 1.54) is 10.9 Å². The maximum absolute atomic E-state index is 12.8. The van der Waals surface area contributed by atoms with E-state index in [0.29, 0.717) is 31.4 Å². The highest BCUT2D eigenvalue weighted by molar-refractivity contribution is 5.86. The van der Waals surface area contributed by atoms with Crippen LogP contribution in [0.5, 0.6) is 0 Å². The molecule has 0 bridgehead atoms. The summed E-state index contributed by atoms with van der Waals surface area (Å²) in [6.45, 7) is 1.95. The van der Waals surface area contributed by atoms with Gasteiger partial charge in [-0.25, -0.2) is 9.48 Å². The van der Waals surface area contributed by atoms with Gasteiger partial charge in [0.05, 0.1) is 17.3 Å². The summed E-state index contributed by atoms with van der Waals surface area (Å²) in [4.78, 5) is 24.4. The zero-order chi connectivity index (χ0) is 26.0. The van der Waals surface area contributed by atoms with Gasteiger partial charge in [0.25, 0.3) is 0 Å². The van der Waals surface area contributed by atoms with E-state index in [0.717, 1.165) is 16.7 Å². The molecule has 1 heterocycles. The minimum Gasteiger partial charge on any atom is -0.481 e. The normalized spacial score (nSPS) is 19.1. The van der Waals surface area contributed by atoms with Crippen molar-refractivity contribution in [3.8, 4) is 22.9 Å². The van der Waals surface area contributed by atoms with Crippen LogP contribution in [0.2, 0.25) is 0 Å². The van der Waals surface area contributed by atoms with Crippen molar-refractivity contribution in [2.75, 3.05) is 5.32 Å². The highest BCUT2D eigenvalue weighted by Gasteiger charge is 2.51. The molecule has 8 nitrogen and oxygen atoms in total. The molecule has 1 aromatic heterocycles. The number of nitriles is 1. The van der Waals surface area contributed by atoms with Crippen LogP contribution in [-0.2, 0) is 14.9 Å². The van der Waals surface area contributed by atoms with Gasteiger partial charge in [-0.3, -0.25) is 10.1 Å². The molecule has 2 N–H and O–H groups in total. The highest BCUT2D eigenvalue weighted by Crippen LogP contribution is 2.48. The first kappa shape index (κ1) is 24.1. The van der Waals surface area contributed by atoms with Crippen LogP contribution in [-0.4, -0.2) is 32.6 Å². The van der Waals surface area contributed by atoms with Gasteiger partial charge in [0, 0.05) is 6.42 Å². The third kappa shape index (κ3) is 4.52. The number of aromatic nitrogens is 2. The molecule has 5 rings (SSSR count). The monoisotopic (exact) mass is 494 g/mol. The number of allylic oxidation sites excluding steroid dienone is 2. The van der Waals surface area contributed by atoms with Gasteiger partial charge >= 0.3 is 12.1 Å². The Kier molecular flexibility index (Phi) is 6.14. The Hall–Kier alpha value is -4.64. The van der Waals surface area contributed by atoms with Crippen molar-refractivity contribution in [2.24, 2.45) is 0 Å². The fraction of sp³-hybridized carbons (Fsp3) is 0.241. The lowest BCUT2D eigenvalue weighted by molar-refractivity contribution is -0.140. The Bertz CT molecular complexity index is 1440. The molecular formula is C29H26N4O4. The van der Waals surface area contributed by atoms with Crippen molar-refractivity contribution >= 4 is 17.9 Å². The summed E-state index contributed by atoms with van der Waals surface area (Å²) in [5.74, 6) is -0.541. The second-order valence-corrected chi connectivity index (χ2v) is 9.37. The molecule has 37 heavy (non-hydrogen) atoms. The van der Waals surface area contributed by atoms with E-state index in [-0.39, 0.29) is 11.4 Å². The first-order chi connectivity index (χ1) is 17.9. The standard InChI is InChI=1S/C29H26N4O4/c1-2-28(14-4-3-5-15-28)37-27(36)32-25-22(18-30)19-31-33(25)24-12-8-21(9-13-24)20-6-10-23(11-7-20)29(16-17-29)26(34)35/h3-14,19H,2,15-17H2,1H3,(H,32,36)(H,34,35)/t28-/m0/s1. The Morgan fingerprint density at radius 3 is 2.32 bits per heavy atom. The zero-order valence-electron chi connectivity index (χ0n) is 20.3. The molecule has 2 aliphatic carbocycles. The number of hydrogen-bond acceptors (Lipinski definition) is 5. The van der Waals surface area contributed by atoms with E-state index in [4.69, 9.17) is 4.74 Å². The van der Waals surface area contributed by atoms with Crippen LogP contribution in [0.4, 0.5) is 10.6 Å². The Labute approximate surface area is 214 Å². The average molecular weight is 495 g/mol. The van der Waals surface area contributed by atoms with E-state index in [9.17, 15) is 20.0 Å². The molecule has 2 aromatic carbocycles. The molecule has 1 saturated carbocycles. The lowest BCUT2D eigenvalue weighted by Gasteiger charge is -2.29. The van der Waals surface area contributed by atoms with E-state index in [2.05, 4.69) is 16.5 Å². The van der Waals surface area contributed by atoms with Crippen molar-refractivity contribution in [2.45, 2.75) is 43.6 Å². The van der Waals surface area contributed by atoms with Crippen LogP contribution in [0, 0.1) is 11.3 Å². The van der Waals surface area contributed by atoms with Gasteiger partial charge in [-0.05, 0) is 54.2 Å². The van der Waals surface area contributed by atoms with E-state index in [1.807, 2.05) is 79.8 Å². The van der Waals surface area contributed by atoms with Crippen LogP contribution >= 0.6 is 0 Å². The number of anilines is 1. The number of benzene rings is 2. The summed E-state index contributed by atoms with van der Waals surface area (Å²) in [6, 6.07) is 17.2. The molecule has 1 atom stereocenters. The quantitative estimate of drug-likeness (QED) is 0.432. The second-order valence-electron chi connectivity index (χ2n) is 9.37. The molecule has 1 amide bonds. The Morgan fingerprint density at radius 1 is 1.11 bits per heavy atom. The minimum absolute atomic E-state index is 0.216. The lowest BCUT2D eigenvalue weighted by Crippen LogP contribution is -2.35. The van der Waals surface area contributed by atoms with Gasteiger partial charge in [-0.1, -0.05) is 61.5 Å². The molecule has 0 saturated heterocycles. The van der Waals surface area contributed by atoms with Crippen LogP contribution in [0.25, 0.3) is 16.8 Å². The summed E-state index contributed by atoms with van der Waals surface area (Å²) in [6.07, 6.45) is 10.9. The molecule has 0 radical (unpaired) electrons. The van der Waals surface area contributed by atoms with E-state index < -0.39 is 23.1 Å². The number of amides is 1. The number of carboxylic acids is 1. The van der Waals surface area contributed by atoms with Crippen LogP contribution in [0.15, 0.2) is 79.0 Å². The van der Waals surface area contributed by atoms with Crippen molar-refractivity contribution < 1.29 is 19.4 Å². The Morgan fingerprint density at radius 2 is 1.78 bits per heavy atom. The predicted octanol–water partition coefficient (Wildman–Crippen LogP) is 5.74. The van der Waals surface area contributed by atoms with Gasteiger partial charge in [-0.15, -0.1) is 0 Å². The third-order valence-corrected chi connectivity index (χ3v) is 7.16. The van der Waals surface area contributed by atoms with Gasteiger partial charge in [-0.2, -0.15) is 10.4 Å². The van der Waals surface area contributed by atoms with Crippen molar-refractivity contribution in [3.63, 3.8) is 0 Å². The number of ether oxygens (including phenoxy) is 1. The van der Waals surface area contributed by atoms with Gasteiger partial charge in [0.2, 0.25) is 0 Å². The van der Waals surface area contributed by atoms with E-state index >= 15 is 0 Å². The van der Waals surface area contributed by atoms with Gasteiger partial charge in [0.1, 0.15) is 17.2 Å². The molecule has 8 heteroatoms. The molecule has 1 fully saturated rings. The van der Waals surface area contributed by atoms with Crippen molar-refractivity contribution in [1.29, 1.82) is 5.26 Å². The number of nitrogens with one attached hydrogen (secondary N) is 1. The summed E-state index contributed by atoms with van der Waals surface area (Å²) in [5.41, 5.74) is 2.14. The molecule has 2 aliphatic rings. The molecule has 0 spiro atoms. The molecule has 3 aromatic rings. The second kappa shape index (κ2) is 9.43. The minimum atomic E-state index is -0.772. The maximum atomic E-state index is 12.8. The third-order valence-electron chi connectivity index (χ3n) is 7.16. The first-order valence-electron chi connectivity index (χ1n) is 12.2. The number of hydrogen-bond donors (Lipinski definition) is 2.